The Morgan fingerprint density at radius 1 is 1.33 bits per heavy atom. The van der Waals surface area contributed by atoms with Crippen molar-refractivity contribution >= 4 is 28.6 Å². The van der Waals surface area contributed by atoms with Crippen molar-refractivity contribution in [3.05, 3.63) is 58.3 Å². The van der Waals surface area contributed by atoms with Crippen LogP contribution in [-0.4, -0.2) is 39.6 Å². The van der Waals surface area contributed by atoms with Crippen molar-refractivity contribution in [3.8, 4) is 5.75 Å². The van der Waals surface area contributed by atoms with Gasteiger partial charge in [0.1, 0.15) is 23.4 Å². The molecule has 27 heavy (non-hydrogen) atoms. The first-order valence-electron chi connectivity index (χ1n) is 8.74. The number of piperidine rings is 1. The molecule has 1 aromatic carbocycles. The number of carbonyl (C=O) groups excluding carboxylic acids is 1. The van der Waals surface area contributed by atoms with Gasteiger partial charge in [0, 0.05) is 25.0 Å². The number of hydrogen-bond donors (Lipinski definition) is 0. The molecular formula is C19H18ClN3O4. The highest BCUT2D eigenvalue weighted by Crippen LogP contribution is 2.25. The zero-order valence-electron chi connectivity index (χ0n) is 14.5. The van der Waals surface area contributed by atoms with Crippen molar-refractivity contribution in [3.63, 3.8) is 0 Å². The highest BCUT2D eigenvalue weighted by molar-refractivity contribution is 6.31. The van der Waals surface area contributed by atoms with E-state index in [9.17, 15) is 9.59 Å². The third kappa shape index (κ3) is 3.68. The van der Waals surface area contributed by atoms with Gasteiger partial charge in [0.2, 0.25) is 5.91 Å². The molecule has 1 fully saturated rings. The molecular weight excluding hydrogens is 370 g/mol. The second-order valence-corrected chi connectivity index (χ2v) is 6.86. The smallest absolute Gasteiger partial charge is 0.420 e. The predicted molar refractivity (Wildman–Crippen MR) is 100.0 cm³/mol. The second-order valence-electron chi connectivity index (χ2n) is 6.45. The summed E-state index contributed by atoms with van der Waals surface area (Å²) in [6.07, 6.45) is 4.64. The maximum absolute atomic E-state index is 12.8. The number of halogens is 1. The molecule has 1 aliphatic rings. The number of aromatic nitrogens is 2. The summed E-state index contributed by atoms with van der Waals surface area (Å²) in [6.45, 7) is 1.02. The summed E-state index contributed by atoms with van der Waals surface area (Å²) in [5.41, 5.74) is 1.09. The van der Waals surface area contributed by atoms with Crippen LogP contribution in [0.15, 0.2) is 51.9 Å². The van der Waals surface area contributed by atoms with Crippen LogP contribution in [0.25, 0.3) is 11.1 Å². The second kappa shape index (κ2) is 7.44. The topological polar surface area (TPSA) is 77.6 Å². The minimum absolute atomic E-state index is 0.0570. The van der Waals surface area contributed by atoms with E-state index in [1.807, 2.05) is 6.07 Å². The molecule has 4 rings (SSSR count). The Morgan fingerprint density at radius 3 is 3.04 bits per heavy atom. The molecule has 0 saturated carbocycles. The number of likely N-dealkylation sites (tertiary alicyclic amines) is 1. The van der Waals surface area contributed by atoms with E-state index in [1.165, 1.54) is 10.8 Å². The van der Waals surface area contributed by atoms with E-state index < -0.39 is 5.76 Å². The quantitative estimate of drug-likeness (QED) is 0.687. The summed E-state index contributed by atoms with van der Waals surface area (Å²) in [5, 5.41) is 0.442. The van der Waals surface area contributed by atoms with E-state index in [2.05, 4.69) is 4.98 Å². The van der Waals surface area contributed by atoms with Crippen molar-refractivity contribution in [2.45, 2.75) is 25.5 Å². The molecule has 1 amide bonds. The Labute approximate surface area is 160 Å². The number of carbonyl (C=O) groups is 1. The van der Waals surface area contributed by atoms with Gasteiger partial charge in [-0.05, 0) is 25.0 Å². The summed E-state index contributed by atoms with van der Waals surface area (Å²) in [6, 6.07) is 8.78. The lowest BCUT2D eigenvalue weighted by Crippen LogP contribution is -2.46. The van der Waals surface area contributed by atoms with Gasteiger partial charge in [-0.1, -0.05) is 23.7 Å². The Morgan fingerprint density at radius 2 is 2.19 bits per heavy atom. The van der Waals surface area contributed by atoms with Crippen molar-refractivity contribution in [1.29, 1.82) is 0 Å². The van der Waals surface area contributed by atoms with Gasteiger partial charge in [0.05, 0.1) is 12.1 Å². The number of rotatable bonds is 4. The summed E-state index contributed by atoms with van der Waals surface area (Å²) in [7, 11) is 0. The number of oxazole rings is 1. The minimum Gasteiger partial charge on any atom is -0.487 e. The first kappa shape index (κ1) is 17.6. The zero-order chi connectivity index (χ0) is 18.8. The standard InChI is InChI=1S/C19H18ClN3O4/c20-14-10-21-8-7-16(14)26-13-4-3-9-22(11-13)18(24)12-23-15-5-1-2-6-17(15)27-19(23)25/h1-2,5-8,10,13H,3-4,9,11-12H2/t13-/m0/s1. The lowest BCUT2D eigenvalue weighted by molar-refractivity contribution is -0.134. The molecule has 0 unspecified atom stereocenters. The van der Waals surface area contributed by atoms with Crippen molar-refractivity contribution in [1.82, 2.24) is 14.5 Å². The fraction of sp³-hybridized carbons (Fsp3) is 0.316. The van der Waals surface area contributed by atoms with E-state index >= 15 is 0 Å². The van der Waals surface area contributed by atoms with Crippen LogP contribution in [0.5, 0.6) is 5.75 Å². The average Bonchev–Trinajstić information content (AvgIpc) is 2.99. The Hall–Kier alpha value is -2.80. The van der Waals surface area contributed by atoms with Gasteiger partial charge in [-0.2, -0.15) is 0 Å². The zero-order valence-corrected chi connectivity index (χ0v) is 15.3. The SMILES string of the molecule is O=C(Cn1c(=O)oc2ccccc21)N1CCC[C@H](Oc2ccncc2Cl)C1. The van der Waals surface area contributed by atoms with E-state index in [1.54, 1.807) is 35.4 Å². The summed E-state index contributed by atoms with van der Waals surface area (Å²) < 4.78 is 12.5. The van der Waals surface area contributed by atoms with Crippen LogP contribution in [0.2, 0.25) is 5.02 Å². The van der Waals surface area contributed by atoms with Crippen LogP contribution in [-0.2, 0) is 11.3 Å². The highest BCUT2D eigenvalue weighted by Gasteiger charge is 2.26. The number of hydrogen-bond acceptors (Lipinski definition) is 5. The van der Waals surface area contributed by atoms with E-state index in [0.717, 1.165) is 12.8 Å². The fourth-order valence-electron chi connectivity index (χ4n) is 3.30. The van der Waals surface area contributed by atoms with Crippen LogP contribution in [0.4, 0.5) is 0 Å². The molecule has 7 nitrogen and oxygen atoms in total. The maximum atomic E-state index is 12.8. The Balaban J connectivity index is 1.46. The lowest BCUT2D eigenvalue weighted by atomic mass is 10.1. The molecule has 0 bridgehead atoms. The third-order valence-electron chi connectivity index (χ3n) is 4.63. The van der Waals surface area contributed by atoms with E-state index in [4.69, 9.17) is 20.8 Å². The molecule has 0 N–H and O–H groups in total. The number of benzene rings is 1. The van der Waals surface area contributed by atoms with Crippen molar-refractivity contribution in [2.24, 2.45) is 0 Å². The molecule has 0 spiro atoms. The maximum Gasteiger partial charge on any atom is 0.420 e. The molecule has 3 aromatic rings. The summed E-state index contributed by atoms with van der Waals surface area (Å²) in [4.78, 5) is 30.5. The molecule has 1 aliphatic heterocycles. The van der Waals surface area contributed by atoms with Gasteiger partial charge in [-0.25, -0.2) is 4.79 Å². The number of amides is 1. The van der Waals surface area contributed by atoms with Gasteiger partial charge in [0.25, 0.3) is 0 Å². The van der Waals surface area contributed by atoms with Crippen LogP contribution in [0.3, 0.4) is 0 Å². The molecule has 140 valence electrons. The van der Waals surface area contributed by atoms with Gasteiger partial charge >= 0.3 is 5.76 Å². The monoisotopic (exact) mass is 387 g/mol. The fourth-order valence-corrected chi connectivity index (χ4v) is 3.46. The molecule has 0 radical (unpaired) electrons. The number of para-hydroxylation sites is 2. The van der Waals surface area contributed by atoms with Crippen molar-refractivity contribution in [2.75, 3.05) is 13.1 Å². The third-order valence-corrected chi connectivity index (χ3v) is 4.91. The van der Waals surface area contributed by atoms with E-state index in [-0.39, 0.29) is 18.6 Å². The average molecular weight is 388 g/mol. The Kier molecular flexibility index (Phi) is 4.85. The summed E-state index contributed by atoms with van der Waals surface area (Å²) >= 11 is 6.09. The molecule has 1 atom stereocenters. The number of ether oxygens (including phenoxy) is 1. The normalized spacial score (nSPS) is 17.2. The van der Waals surface area contributed by atoms with Gasteiger partial charge in [0.15, 0.2) is 5.58 Å². The van der Waals surface area contributed by atoms with Gasteiger partial charge in [-0.15, -0.1) is 0 Å². The number of nitrogens with zero attached hydrogens (tertiary/aromatic N) is 3. The highest BCUT2D eigenvalue weighted by atomic mass is 35.5. The predicted octanol–water partition coefficient (Wildman–Crippen LogP) is 2.71. The molecule has 3 heterocycles. The summed E-state index contributed by atoms with van der Waals surface area (Å²) in [5.74, 6) is -0.112. The lowest BCUT2D eigenvalue weighted by Gasteiger charge is -2.33. The van der Waals surface area contributed by atoms with Crippen LogP contribution in [0, 0.1) is 0 Å². The van der Waals surface area contributed by atoms with Crippen LogP contribution >= 0.6 is 11.6 Å². The van der Waals surface area contributed by atoms with Crippen LogP contribution in [0.1, 0.15) is 12.8 Å². The largest absolute Gasteiger partial charge is 0.487 e. The van der Waals surface area contributed by atoms with Gasteiger partial charge in [-0.3, -0.25) is 14.3 Å². The molecule has 2 aromatic heterocycles. The van der Waals surface area contributed by atoms with E-state index in [0.29, 0.717) is 35.0 Å². The van der Waals surface area contributed by atoms with Crippen molar-refractivity contribution < 1.29 is 13.9 Å². The molecule has 8 heteroatoms. The number of pyridine rings is 1. The number of fused-ring (bicyclic) bond motifs is 1. The molecule has 0 aliphatic carbocycles. The van der Waals surface area contributed by atoms with Gasteiger partial charge < -0.3 is 14.1 Å². The minimum atomic E-state index is -0.530. The first-order chi connectivity index (χ1) is 13.1. The van der Waals surface area contributed by atoms with Crippen LogP contribution < -0.4 is 10.5 Å². The Bertz CT molecular complexity index is 1030. The molecule has 1 saturated heterocycles. The first-order valence-corrected chi connectivity index (χ1v) is 9.12.